The summed E-state index contributed by atoms with van der Waals surface area (Å²) < 4.78 is 45.1. The quantitative estimate of drug-likeness (QED) is 0.227. The lowest BCUT2D eigenvalue weighted by Gasteiger charge is -2.14. The Hall–Kier alpha value is -4.77. The van der Waals surface area contributed by atoms with Crippen LogP contribution >= 0.6 is 0 Å². The molecule has 5 rings (SSSR count). The first-order valence-electron chi connectivity index (χ1n) is 13.2. The van der Waals surface area contributed by atoms with Gasteiger partial charge < -0.3 is 30.0 Å². The van der Waals surface area contributed by atoms with Gasteiger partial charge in [-0.3, -0.25) is 14.6 Å². The number of carbonyl (C=O) groups excluding carboxylic acids is 2. The standard InChI is InChI=1S/C31H29F2N3O6/c1-31(2)27(29(38)35-18-6-4-17(32)5-7-18)28(31)30(39)36-19-8-9-24(21(33)14-19)42-23-10-11-34-22-16-25(40-3)26(15-20(22)23)41-13-12-37/h4-11,14-16,27-28,37H,12-13H2,1-3H3,(H,35,38)(H,36,39)/t27-,28+/m0/s1. The molecule has 1 heterocycles. The van der Waals surface area contributed by atoms with Crippen LogP contribution in [0.1, 0.15) is 13.8 Å². The van der Waals surface area contributed by atoms with Gasteiger partial charge in [0.15, 0.2) is 23.1 Å². The van der Waals surface area contributed by atoms with E-state index in [2.05, 4.69) is 15.6 Å². The molecule has 2 amide bonds. The summed E-state index contributed by atoms with van der Waals surface area (Å²) in [6.45, 7) is 3.47. The van der Waals surface area contributed by atoms with Crippen molar-refractivity contribution in [3.05, 3.63) is 78.5 Å². The molecule has 1 aliphatic rings. The van der Waals surface area contributed by atoms with Crippen molar-refractivity contribution >= 4 is 34.1 Å². The number of rotatable bonds is 10. The van der Waals surface area contributed by atoms with Crippen molar-refractivity contribution in [1.29, 1.82) is 0 Å². The highest BCUT2D eigenvalue weighted by Crippen LogP contribution is 2.59. The molecule has 0 spiro atoms. The molecule has 0 saturated heterocycles. The van der Waals surface area contributed by atoms with Gasteiger partial charge in [0, 0.05) is 35.1 Å². The number of hydrogen-bond donors (Lipinski definition) is 3. The zero-order valence-corrected chi connectivity index (χ0v) is 23.1. The van der Waals surface area contributed by atoms with Crippen LogP contribution in [0.15, 0.2) is 66.9 Å². The Morgan fingerprint density at radius 3 is 2.19 bits per heavy atom. The number of aliphatic hydroxyl groups excluding tert-OH is 1. The number of amides is 2. The highest BCUT2D eigenvalue weighted by molar-refractivity contribution is 6.04. The lowest BCUT2D eigenvalue weighted by Crippen LogP contribution is -2.20. The Morgan fingerprint density at radius 2 is 1.55 bits per heavy atom. The average Bonchev–Trinajstić information content (AvgIpc) is 3.56. The molecule has 0 bridgehead atoms. The third kappa shape index (κ3) is 5.82. The van der Waals surface area contributed by atoms with Crippen LogP contribution < -0.4 is 24.8 Å². The fourth-order valence-electron chi connectivity index (χ4n) is 5.01. The SMILES string of the molecule is COc1cc2nccc(Oc3ccc(NC(=O)[C@H]4[C@@H](C(=O)Nc5ccc(F)cc5)C4(C)C)cc3F)c2cc1OCCO. The fraction of sp³-hybridized carbons (Fsp3) is 0.258. The summed E-state index contributed by atoms with van der Waals surface area (Å²) in [5, 5.41) is 15.1. The number of ether oxygens (including phenoxy) is 3. The lowest BCUT2D eigenvalue weighted by atomic mass is 10.1. The predicted octanol–water partition coefficient (Wildman–Crippen LogP) is 5.53. The van der Waals surface area contributed by atoms with Crippen LogP contribution in [0.2, 0.25) is 0 Å². The van der Waals surface area contributed by atoms with Gasteiger partial charge in [-0.25, -0.2) is 8.78 Å². The Bertz CT molecular complexity index is 1640. The summed E-state index contributed by atoms with van der Waals surface area (Å²) >= 11 is 0. The number of halogens is 2. The van der Waals surface area contributed by atoms with Crippen LogP contribution in [0.4, 0.5) is 20.2 Å². The summed E-state index contributed by atoms with van der Waals surface area (Å²) in [6, 6.07) is 14.2. The summed E-state index contributed by atoms with van der Waals surface area (Å²) in [5.41, 5.74) is 0.529. The second-order valence-electron chi connectivity index (χ2n) is 10.4. The van der Waals surface area contributed by atoms with Gasteiger partial charge in [-0.15, -0.1) is 0 Å². The summed E-state index contributed by atoms with van der Waals surface area (Å²) in [4.78, 5) is 30.2. The summed E-state index contributed by atoms with van der Waals surface area (Å²) in [5.74, 6) is -2.16. The number of benzene rings is 3. The first-order valence-corrected chi connectivity index (χ1v) is 13.2. The Labute approximate surface area is 240 Å². The van der Waals surface area contributed by atoms with Gasteiger partial charge in [0.05, 0.1) is 31.1 Å². The maximum absolute atomic E-state index is 15.1. The number of fused-ring (bicyclic) bond motifs is 1. The highest BCUT2D eigenvalue weighted by Gasteiger charge is 2.65. The van der Waals surface area contributed by atoms with Crippen LogP contribution in [0, 0.1) is 28.9 Å². The van der Waals surface area contributed by atoms with E-state index in [-0.39, 0.29) is 30.6 Å². The van der Waals surface area contributed by atoms with Crippen LogP contribution in [0.25, 0.3) is 10.9 Å². The Morgan fingerprint density at radius 1 is 0.881 bits per heavy atom. The molecule has 3 N–H and O–H groups in total. The van der Waals surface area contributed by atoms with Gasteiger partial charge >= 0.3 is 0 Å². The van der Waals surface area contributed by atoms with Crippen molar-refractivity contribution in [1.82, 2.24) is 4.98 Å². The number of anilines is 2. The van der Waals surface area contributed by atoms with Crippen molar-refractivity contribution in [2.45, 2.75) is 13.8 Å². The molecule has 1 aromatic heterocycles. The maximum Gasteiger partial charge on any atom is 0.228 e. The van der Waals surface area contributed by atoms with E-state index in [0.717, 1.165) is 6.07 Å². The number of pyridine rings is 1. The lowest BCUT2D eigenvalue weighted by molar-refractivity contribution is -0.122. The monoisotopic (exact) mass is 577 g/mol. The van der Waals surface area contributed by atoms with Crippen LogP contribution in [0.3, 0.4) is 0 Å². The molecule has 0 unspecified atom stereocenters. The molecule has 9 nitrogen and oxygen atoms in total. The second kappa shape index (κ2) is 11.6. The van der Waals surface area contributed by atoms with Gasteiger partial charge in [-0.05, 0) is 53.9 Å². The smallest absolute Gasteiger partial charge is 0.228 e. The molecule has 0 aliphatic heterocycles. The molecule has 3 aromatic carbocycles. The number of carbonyl (C=O) groups is 2. The molecular formula is C31H29F2N3O6. The van der Waals surface area contributed by atoms with Crippen LogP contribution in [-0.4, -0.2) is 42.2 Å². The number of aliphatic hydroxyl groups is 1. The van der Waals surface area contributed by atoms with Crippen molar-refractivity contribution in [3.8, 4) is 23.0 Å². The zero-order valence-electron chi connectivity index (χ0n) is 23.1. The first-order chi connectivity index (χ1) is 20.1. The Kier molecular flexibility index (Phi) is 7.95. The number of methoxy groups -OCH3 is 1. The van der Waals surface area contributed by atoms with Gasteiger partial charge in [-0.1, -0.05) is 13.8 Å². The van der Waals surface area contributed by atoms with Crippen molar-refractivity contribution < 1.29 is 37.7 Å². The van der Waals surface area contributed by atoms with E-state index < -0.39 is 34.8 Å². The van der Waals surface area contributed by atoms with E-state index in [9.17, 15) is 14.0 Å². The summed E-state index contributed by atoms with van der Waals surface area (Å²) in [6.07, 6.45) is 1.51. The molecular weight excluding hydrogens is 548 g/mol. The highest BCUT2D eigenvalue weighted by atomic mass is 19.1. The molecule has 0 radical (unpaired) electrons. The number of nitrogens with one attached hydrogen (secondary N) is 2. The second-order valence-corrected chi connectivity index (χ2v) is 10.4. The number of aromatic nitrogens is 1. The van der Waals surface area contributed by atoms with E-state index in [4.69, 9.17) is 19.3 Å². The topological polar surface area (TPSA) is 119 Å². The van der Waals surface area contributed by atoms with Gasteiger partial charge in [-0.2, -0.15) is 0 Å². The minimum absolute atomic E-state index is 0.0534. The normalized spacial score (nSPS) is 16.9. The van der Waals surface area contributed by atoms with Gasteiger partial charge in [0.1, 0.15) is 18.2 Å². The number of nitrogens with zero attached hydrogens (tertiary/aromatic N) is 1. The molecule has 1 fully saturated rings. The first kappa shape index (κ1) is 28.7. The molecule has 2 atom stereocenters. The van der Waals surface area contributed by atoms with Crippen molar-refractivity contribution in [2.75, 3.05) is 31.0 Å². The molecule has 4 aromatic rings. The maximum atomic E-state index is 15.1. The van der Waals surface area contributed by atoms with Crippen molar-refractivity contribution in [2.24, 2.45) is 17.3 Å². The fourth-order valence-corrected chi connectivity index (χ4v) is 5.01. The minimum atomic E-state index is -0.719. The minimum Gasteiger partial charge on any atom is -0.493 e. The van der Waals surface area contributed by atoms with E-state index in [1.165, 1.54) is 49.7 Å². The summed E-state index contributed by atoms with van der Waals surface area (Å²) in [7, 11) is 1.48. The molecule has 11 heteroatoms. The molecule has 1 aliphatic carbocycles. The van der Waals surface area contributed by atoms with Gasteiger partial charge in [0.25, 0.3) is 0 Å². The number of hydrogen-bond acceptors (Lipinski definition) is 7. The van der Waals surface area contributed by atoms with E-state index in [0.29, 0.717) is 33.8 Å². The predicted molar refractivity (Wildman–Crippen MR) is 152 cm³/mol. The average molecular weight is 578 g/mol. The largest absolute Gasteiger partial charge is 0.493 e. The third-order valence-corrected chi connectivity index (χ3v) is 7.26. The van der Waals surface area contributed by atoms with E-state index >= 15 is 4.39 Å². The van der Waals surface area contributed by atoms with Gasteiger partial charge in [0.2, 0.25) is 11.8 Å². The molecule has 1 saturated carbocycles. The molecule has 218 valence electrons. The van der Waals surface area contributed by atoms with E-state index in [1.807, 2.05) is 0 Å². The van der Waals surface area contributed by atoms with E-state index in [1.54, 1.807) is 32.0 Å². The zero-order chi connectivity index (χ0) is 30.0. The van der Waals surface area contributed by atoms with Crippen LogP contribution in [-0.2, 0) is 9.59 Å². The Balaban J connectivity index is 1.29. The third-order valence-electron chi connectivity index (χ3n) is 7.26. The van der Waals surface area contributed by atoms with Crippen molar-refractivity contribution in [3.63, 3.8) is 0 Å². The van der Waals surface area contributed by atoms with Crippen LogP contribution in [0.5, 0.6) is 23.0 Å². The molecule has 42 heavy (non-hydrogen) atoms.